The number of nitrogens with zero attached hydrogens (tertiary/aromatic N) is 4. The van der Waals surface area contributed by atoms with Crippen molar-refractivity contribution in [3.8, 4) is 0 Å². The van der Waals surface area contributed by atoms with Gasteiger partial charge in [0, 0.05) is 31.2 Å². The fourth-order valence-corrected chi connectivity index (χ4v) is 8.72. The second kappa shape index (κ2) is 13.1. The Morgan fingerprint density at radius 2 is 1.67 bits per heavy atom. The van der Waals surface area contributed by atoms with Gasteiger partial charge in [-0.25, -0.2) is 14.2 Å². The Morgan fingerprint density at radius 1 is 1.00 bits per heavy atom. The Morgan fingerprint density at radius 3 is 2.29 bits per heavy atom. The van der Waals surface area contributed by atoms with Crippen LogP contribution in [0.1, 0.15) is 104 Å². The largest absolute Gasteiger partial charge is 0.444 e. The van der Waals surface area contributed by atoms with E-state index in [9.17, 15) is 14.0 Å². The average Bonchev–Trinajstić information content (AvgIpc) is 3.49. The van der Waals surface area contributed by atoms with Crippen molar-refractivity contribution < 1.29 is 18.7 Å². The van der Waals surface area contributed by atoms with Gasteiger partial charge in [-0.15, -0.1) is 0 Å². The second-order valence-electron chi connectivity index (χ2n) is 16.1. The molecule has 6 rings (SSSR count). The summed E-state index contributed by atoms with van der Waals surface area (Å²) >= 11 is 0. The fraction of sp³-hybridized carbons (Fsp3) is 0.615. The van der Waals surface area contributed by atoms with Crippen molar-refractivity contribution in [3.63, 3.8) is 0 Å². The van der Waals surface area contributed by atoms with Crippen LogP contribution in [-0.2, 0) is 14.9 Å². The highest BCUT2D eigenvalue weighted by Crippen LogP contribution is 2.45. The third-order valence-electron chi connectivity index (χ3n) is 11.6. The molecule has 3 aromatic rings. The maximum atomic E-state index is 14.7. The molecule has 0 radical (unpaired) electrons. The lowest BCUT2D eigenvalue weighted by Crippen LogP contribution is -2.63. The van der Waals surface area contributed by atoms with E-state index in [4.69, 9.17) is 9.72 Å². The van der Waals surface area contributed by atoms with Crippen molar-refractivity contribution in [2.45, 2.75) is 128 Å². The van der Waals surface area contributed by atoms with Gasteiger partial charge in [0.2, 0.25) is 5.91 Å². The molecular formula is C39H54FN5O3. The highest BCUT2D eigenvalue weighted by atomic mass is 19.1. The number of nitrogens with one attached hydrogen (secondary N) is 1. The van der Waals surface area contributed by atoms with E-state index in [0.717, 1.165) is 55.6 Å². The highest BCUT2D eigenvalue weighted by Gasteiger charge is 2.47. The number of hydrogen-bond donors (Lipinski definition) is 1. The van der Waals surface area contributed by atoms with Crippen LogP contribution in [0.4, 0.5) is 9.18 Å². The number of imidazole rings is 1. The molecule has 0 spiro atoms. The van der Waals surface area contributed by atoms with Crippen LogP contribution < -0.4 is 5.32 Å². The molecule has 8 nitrogen and oxygen atoms in total. The first-order chi connectivity index (χ1) is 22.7. The minimum Gasteiger partial charge on any atom is -0.444 e. The van der Waals surface area contributed by atoms with Crippen LogP contribution in [-0.4, -0.2) is 74.2 Å². The highest BCUT2D eigenvalue weighted by molar-refractivity contribution is 5.90. The van der Waals surface area contributed by atoms with Crippen LogP contribution in [0.3, 0.4) is 0 Å². The van der Waals surface area contributed by atoms with Crippen LogP contribution in [0.5, 0.6) is 0 Å². The molecule has 3 aliphatic heterocycles. The first-order valence-corrected chi connectivity index (χ1v) is 17.9. The minimum absolute atomic E-state index is 0.0985. The first kappa shape index (κ1) is 34.4. The van der Waals surface area contributed by atoms with Crippen molar-refractivity contribution in [2.75, 3.05) is 19.6 Å². The number of carbonyl (C=O) groups excluding carboxylic acids is 2. The van der Waals surface area contributed by atoms with Gasteiger partial charge in [0.05, 0.1) is 11.0 Å². The summed E-state index contributed by atoms with van der Waals surface area (Å²) in [6.07, 6.45) is 6.47. The second-order valence-corrected chi connectivity index (χ2v) is 16.1. The molecule has 1 aromatic heterocycles. The molecule has 2 bridgehead atoms. The topological polar surface area (TPSA) is 79.7 Å². The molecule has 3 saturated heterocycles. The number of amides is 2. The molecule has 48 heavy (non-hydrogen) atoms. The summed E-state index contributed by atoms with van der Waals surface area (Å²) in [6, 6.07) is 17.1. The zero-order valence-electron chi connectivity index (χ0n) is 29.9. The molecule has 2 aromatic carbocycles. The molecule has 3 fully saturated rings. The smallest absolute Gasteiger partial charge is 0.408 e. The Balaban J connectivity index is 1.16. The van der Waals surface area contributed by atoms with Crippen molar-refractivity contribution >= 4 is 23.0 Å². The lowest BCUT2D eigenvalue weighted by molar-refractivity contribution is -0.141. The summed E-state index contributed by atoms with van der Waals surface area (Å²) in [4.78, 5) is 36.4. The van der Waals surface area contributed by atoms with Gasteiger partial charge in [-0.3, -0.25) is 9.69 Å². The lowest BCUT2D eigenvalue weighted by atomic mass is 9.69. The number of hydrogen-bond acceptors (Lipinski definition) is 5. The average molecular weight is 660 g/mol. The number of benzene rings is 2. The number of likely N-dealkylation sites (tertiary alicyclic amines) is 1. The van der Waals surface area contributed by atoms with Crippen LogP contribution in [0, 0.1) is 18.7 Å². The monoisotopic (exact) mass is 659 g/mol. The van der Waals surface area contributed by atoms with Crippen molar-refractivity contribution in [2.24, 2.45) is 5.92 Å². The Bertz CT molecular complexity index is 1620. The van der Waals surface area contributed by atoms with Gasteiger partial charge in [0.15, 0.2) is 0 Å². The minimum atomic E-state index is -1.11. The summed E-state index contributed by atoms with van der Waals surface area (Å²) in [5, 5.41) is 2.90. The lowest BCUT2D eigenvalue weighted by Gasteiger charge is -2.47. The predicted octanol–water partition coefficient (Wildman–Crippen LogP) is 7.54. The molecule has 0 saturated carbocycles. The Hall–Kier alpha value is -3.46. The molecule has 1 N–H and O–H groups in total. The molecule has 0 aliphatic carbocycles. The number of para-hydroxylation sites is 2. The number of fused-ring (bicyclic) bond motifs is 3. The van der Waals surface area contributed by atoms with Gasteiger partial charge >= 0.3 is 6.09 Å². The Labute approximate surface area is 285 Å². The van der Waals surface area contributed by atoms with E-state index in [1.54, 1.807) is 13.0 Å². The molecule has 4 heterocycles. The van der Waals surface area contributed by atoms with Crippen LogP contribution in [0.2, 0.25) is 0 Å². The van der Waals surface area contributed by atoms with E-state index in [0.29, 0.717) is 31.2 Å². The molecule has 3 aliphatic rings. The van der Waals surface area contributed by atoms with E-state index >= 15 is 0 Å². The zero-order valence-corrected chi connectivity index (χ0v) is 29.9. The van der Waals surface area contributed by atoms with Gasteiger partial charge in [0.25, 0.3) is 0 Å². The number of aromatic nitrogens is 2. The summed E-state index contributed by atoms with van der Waals surface area (Å²) in [5.41, 5.74) is 1.32. The predicted molar refractivity (Wildman–Crippen MR) is 187 cm³/mol. The molecule has 9 heteroatoms. The van der Waals surface area contributed by atoms with E-state index in [1.807, 2.05) is 45.6 Å². The van der Waals surface area contributed by atoms with E-state index < -0.39 is 17.2 Å². The molecule has 2 amide bonds. The van der Waals surface area contributed by atoms with Crippen molar-refractivity contribution in [1.82, 2.24) is 24.7 Å². The van der Waals surface area contributed by atoms with E-state index in [1.165, 1.54) is 24.4 Å². The quantitative estimate of drug-likeness (QED) is 0.270. The summed E-state index contributed by atoms with van der Waals surface area (Å²) in [6.45, 7) is 15.3. The number of ether oxygens (including phenoxy) is 1. The number of alkyl carbamates (subject to hydrolysis) is 1. The van der Waals surface area contributed by atoms with Gasteiger partial charge in [-0.05, 0) is 127 Å². The first-order valence-electron chi connectivity index (χ1n) is 17.9. The number of rotatable bonds is 8. The van der Waals surface area contributed by atoms with Crippen molar-refractivity contribution in [1.29, 1.82) is 0 Å². The summed E-state index contributed by atoms with van der Waals surface area (Å²) in [7, 11) is 0. The normalized spacial score (nSPS) is 24.1. The zero-order chi connectivity index (χ0) is 34.4. The molecule has 260 valence electrons. The van der Waals surface area contributed by atoms with E-state index in [2.05, 4.69) is 52.0 Å². The third kappa shape index (κ3) is 6.72. The summed E-state index contributed by atoms with van der Waals surface area (Å²) in [5.74, 6) is 0.631. The van der Waals surface area contributed by atoms with Crippen LogP contribution in [0.15, 0.2) is 48.5 Å². The SMILES string of the molecule is Cc1nc2ccccc2n1C1C[C@H]2CC[C@@H](C1)N2CCC1(c2cccc(F)c2)CCN(C(=O)C(C)(NC(=O)OC(C)(C)C)C(C)C)CC1. The standard InChI is InChI=1S/C39H54FN5O3/c1-26(2)38(7,42-36(47)48-37(4,5)6)35(46)43-20-17-39(18-21-43,28-11-10-12-29(40)23-28)19-22-44-30-15-16-31(44)25-32(24-30)45-27(3)41-33-13-8-9-14-34(33)45/h8-14,23,26,30-32H,15-22,24-25H2,1-7H3,(H,42,47)/t30-,31+,32?,38?. The number of carbonyl (C=O) groups is 2. The number of piperidine rings is 2. The van der Waals surface area contributed by atoms with Gasteiger partial charge in [-0.1, -0.05) is 38.1 Å². The van der Waals surface area contributed by atoms with Gasteiger partial charge < -0.3 is 19.5 Å². The van der Waals surface area contributed by atoms with Crippen LogP contribution in [0.25, 0.3) is 11.0 Å². The van der Waals surface area contributed by atoms with E-state index in [-0.39, 0.29) is 23.1 Å². The third-order valence-corrected chi connectivity index (χ3v) is 11.6. The molecule has 4 atom stereocenters. The van der Waals surface area contributed by atoms with Gasteiger partial charge in [-0.2, -0.15) is 0 Å². The van der Waals surface area contributed by atoms with Crippen LogP contribution >= 0.6 is 0 Å². The maximum Gasteiger partial charge on any atom is 0.408 e. The van der Waals surface area contributed by atoms with Gasteiger partial charge in [0.1, 0.15) is 22.8 Å². The maximum absolute atomic E-state index is 14.7. The fourth-order valence-electron chi connectivity index (χ4n) is 8.72. The van der Waals surface area contributed by atoms with Crippen molar-refractivity contribution in [3.05, 3.63) is 65.7 Å². The number of halogens is 1. The molecular weight excluding hydrogens is 605 g/mol. The number of aryl methyl sites for hydroxylation is 1. The summed E-state index contributed by atoms with van der Waals surface area (Å²) < 4.78 is 22.7. The Kier molecular flexibility index (Phi) is 9.39. The molecule has 2 unspecified atom stereocenters.